The topological polar surface area (TPSA) is 17.1 Å². The Bertz CT molecular complexity index is 324. The zero-order valence-corrected chi connectivity index (χ0v) is 11.1. The zero-order chi connectivity index (χ0) is 10.8. The number of carbonyl (C=O) groups excluding carboxylic acids is 1. The lowest BCUT2D eigenvalue weighted by Gasteiger charge is -2.20. The van der Waals surface area contributed by atoms with Crippen LogP contribution in [0.2, 0.25) is 0 Å². The average Bonchev–Trinajstić information content (AvgIpc) is 2.02. The van der Waals surface area contributed by atoms with Crippen LogP contribution in [0.25, 0.3) is 0 Å². The monoisotopic (exact) mass is 274 g/mol. The Labute approximate surface area is 94.4 Å². The first-order valence-corrected chi connectivity index (χ1v) is 8.85. The maximum absolute atomic E-state index is 11.8. The third kappa shape index (κ3) is 3.84. The molecule has 0 radical (unpaired) electrons. The van der Waals surface area contributed by atoms with Gasteiger partial charge in [-0.25, -0.2) is 0 Å². The summed E-state index contributed by atoms with van der Waals surface area (Å²) in [7, 11) is -0.919. The number of ketones is 1. The second-order valence-electron chi connectivity index (χ2n) is 3.84. The molecule has 0 aliphatic rings. The van der Waals surface area contributed by atoms with Crippen LogP contribution in [0.1, 0.15) is 15.9 Å². The Kier molecular flexibility index (Phi) is 3.78. The van der Waals surface area contributed by atoms with Crippen LogP contribution in [0.3, 0.4) is 0 Å². The van der Waals surface area contributed by atoms with E-state index in [-0.39, 0.29) is 5.78 Å². The Hall–Kier alpha value is -0.280. The number of hydrogen-bond acceptors (Lipinski definition) is 1. The molecule has 0 amide bonds. The molecule has 0 aliphatic heterocycles. The highest BCUT2D eigenvalue weighted by Gasteiger charge is 2.14. The molecule has 0 saturated heterocycles. The second kappa shape index (κ2) is 4.49. The molecular formula is C11H15BrOS. The fourth-order valence-corrected chi connectivity index (χ4v) is 2.55. The van der Waals surface area contributed by atoms with Crippen LogP contribution in [0, 0.1) is 6.92 Å². The van der Waals surface area contributed by atoms with Crippen molar-refractivity contribution in [3.8, 4) is 0 Å². The molecule has 0 saturated carbocycles. The van der Waals surface area contributed by atoms with Crippen molar-refractivity contribution in [1.82, 2.24) is 0 Å². The largest absolute Gasteiger partial charge is 0.293 e. The van der Waals surface area contributed by atoms with Crippen LogP contribution >= 0.6 is 23.3 Å². The summed E-state index contributed by atoms with van der Waals surface area (Å²) in [6, 6.07) is 7.75. The van der Waals surface area contributed by atoms with Gasteiger partial charge in [-0.3, -0.25) is 4.79 Å². The normalized spacial score (nSPS) is 12.6. The van der Waals surface area contributed by atoms with Crippen LogP contribution in [-0.4, -0.2) is 24.0 Å². The lowest BCUT2D eigenvalue weighted by molar-refractivity contribution is 0.102. The molecule has 0 bridgehead atoms. The van der Waals surface area contributed by atoms with Crippen LogP contribution < -0.4 is 0 Å². The predicted molar refractivity (Wildman–Crippen MR) is 68.7 cm³/mol. The van der Waals surface area contributed by atoms with Crippen molar-refractivity contribution in [2.24, 2.45) is 0 Å². The molecular weight excluding hydrogens is 260 g/mol. The minimum absolute atomic E-state index is 0.224. The SMILES string of the molecule is Cc1ccc(C(=O)CS(C)(C)Br)cc1. The molecule has 1 aromatic carbocycles. The molecule has 14 heavy (non-hydrogen) atoms. The van der Waals surface area contributed by atoms with Crippen molar-refractivity contribution in [2.75, 3.05) is 18.3 Å². The molecule has 0 spiro atoms. The van der Waals surface area contributed by atoms with Gasteiger partial charge < -0.3 is 0 Å². The number of hydrogen-bond donors (Lipinski definition) is 0. The Morgan fingerprint density at radius 1 is 1.29 bits per heavy atom. The molecule has 0 unspecified atom stereocenters. The first-order chi connectivity index (χ1) is 6.38. The van der Waals surface area contributed by atoms with E-state index in [4.69, 9.17) is 0 Å². The smallest absolute Gasteiger partial charge is 0.171 e. The van der Waals surface area contributed by atoms with Crippen molar-refractivity contribution in [3.05, 3.63) is 35.4 Å². The van der Waals surface area contributed by atoms with Gasteiger partial charge in [0.15, 0.2) is 5.78 Å². The lowest BCUT2D eigenvalue weighted by atomic mass is 10.1. The molecule has 0 N–H and O–H groups in total. The van der Waals surface area contributed by atoms with E-state index in [9.17, 15) is 4.79 Å². The molecule has 1 rings (SSSR count). The predicted octanol–water partition coefficient (Wildman–Crippen LogP) is 3.55. The summed E-state index contributed by atoms with van der Waals surface area (Å²) in [5, 5.41) is 0. The number of aryl methyl sites for hydroxylation is 1. The van der Waals surface area contributed by atoms with E-state index < -0.39 is 8.46 Å². The van der Waals surface area contributed by atoms with E-state index in [1.165, 1.54) is 5.56 Å². The minimum atomic E-state index is -0.919. The second-order valence-corrected chi connectivity index (χ2v) is 12.2. The third-order valence-corrected chi connectivity index (χ3v) is 3.48. The van der Waals surface area contributed by atoms with Gasteiger partial charge in [-0.05, 0) is 34.2 Å². The van der Waals surface area contributed by atoms with E-state index in [0.717, 1.165) is 5.56 Å². The van der Waals surface area contributed by atoms with E-state index in [1.807, 2.05) is 31.2 Å². The number of rotatable bonds is 3. The highest BCUT2D eigenvalue weighted by molar-refractivity contribution is 9.58. The molecule has 3 heteroatoms. The highest BCUT2D eigenvalue weighted by atomic mass is 79.9. The quantitative estimate of drug-likeness (QED) is 0.771. The van der Waals surface area contributed by atoms with Crippen LogP contribution in [-0.2, 0) is 0 Å². The molecule has 0 aromatic heterocycles. The van der Waals surface area contributed by atoms with Crippen molar-refractivity contribution < 1.29 is 4.79 Å². The summed E-state index contributed by atoms with van der Waals surface area (Å²) in [5.74, 6) is 0.831. The summed E-state index contributed by atoms with van der Waals surface area (Å²) in [6.45, 7) is 2.02. The van der Waals surface area contributed by atoms with E-state index in [2.05, 4.69) is 27.3 Å². The van der Waals surface area contributed by atoms with Crippen molar-refractivity contribution in [3.63, 3.8) is 0 Å². The van der Waals surface area contributed by atoms with Gasteiger partial charge in [-0.15, -0.1) is 0 Å². The van der Waals surface area contributed by atoms with Crippen LogP contribution in [0.4, 0.5) is 0 Å². The summed E-state index contributed by atoms with van der Waals surface area (Å²) in [5.41, 5.74) is 2.00. The molecule has 0 fully saturated rings. The van der Waals surface area contributed by atoms with Gasteiger partial charge in [0.2, 0.25) is 0 Å². The first kappa shape index (κ1) is 11.8. The van der Waals surface area contributed by atoms with Gasteiger partial charge in [0.05, 0.1) is 0 Å². The first-order valence-electron chi connectivity index (χ1n) is 4.39. The van der Waals surface area contributed by atoms with Crippen LogP contribution in [0.5, 0.6) is 0 Å². The zero-order valence-electron chi connectivity index (χ0n) is 8.71. The van der Waals surface area contributed by atoms with Gasteiger partial charge in [0.25, 0.3) is 0 Å². The van der Waals surface area contributed by atoms with Crippen molar-refractivity contribution in [1.29, 1.82) is 0 Å². The Morgan fingerprint density at radius 3 is 2.21 bits per heavy atom. The standard InChI is InChI=1S/C11H15BrOS/c1-9-4-6-10(7-5-9)11(13)8-14(2,3)12/h4-7H,8H2,1-3H3. The summed E-state index contributed by atoms with van der Waals surface area (Å²) in [4.78, 5) is 11.8. The Balaban J connectivity index is 2.76. The fraction of sp³-hybridized carbons (Fsp3) is 0.364. The Morgan fingerprint density at radius 2 is 1.79 bits per heavy atom. The number of benzene rings is 1. The maximum atomic E-state index is 11.8. The van der Waals surface area contributed by atoms with Gasteiger partial charge in [0.1, 0.15) is 0 Å². The average molecular weight is 275 g/mol. The summed E-state index contributed by atoms with van der Waals surface area (Å²) >= 11 is 3.55. The van der Waals surface area contributed by atoms with Gasteiger partial charge in [0, 0.05) is 11.3 Å². The molecule has 0 heterocycles. The van der Waals surface area contributed by atoms with Crippen LogP contribution in [0.15, 0.2) is 24.3 Å². The van der Waals surface area contributed by atoms with Crippen molar-refractivity contribution >= 4 is 29.1 Å². The van der Waals surface area contributed by atoms with E-state index in [1.54, 1.807) is 0 Å². The molecule has 0 atom stereocenters. The molecule has 0 aliphatic carbocycles. The highest BCUT2D eigenvalue weighted by Crippen LogP contribution is 2.48. The van der Waals surface area contributed by atoms with E-state index >= 15 is 0 Å². The lowest BCUT2D eigenvalue weighted by Crippen LogP contribution is -2.08. The maximum Gasteiger partial charge on any atom is 0.171 e. The van der Waals surface area contributed by atoms with Gasteiger partial charge in [-0.1, -0.05) is 29.8 Å². The van der Waals surface area contributed by atoms with Gasteiger partial charge in [-0.2, -0.15) is 8.46 Å². The fourth-order valence-electron chi connectivity index (χ4n) is 1.13. The summed E-state index contributed by atoms with van der Waals surface area (Å²) < 4.78 is 0. The third-order valence-electron chi connectivity index (χ3n) is 1.85. The van der Waals surface area contributed by atoms with E-state index in [0.29, 0.717) is 5.75 Å². The number of carbonyl (C=O) groups is 1. The minimum Gasteiger partial charge on any atom is -0.293 e. The van der Waals surface area contributed by atoms with Crippen molar-refractivity contribution in [2.45, 2.75) is 6.92 Å². The molecule has 78 valence electrons. The number of Topliss-reactive ketones (excluding diaryl/α,β-unsaturated/α-hetero) is 1. The molecule has 1 aromatic rings. The molecule has 1 nitrogen and oxygen atoms in total. The number of halogens is 1. The van der Waals surface area contributed by atoms with Gasteiger partial charge >= 0.3 is 0 Å². The summed E-state index contributed by atoms with van der Waals surface area (Å²) in [6.07, 6.45) is 4.16.